The van der Waals surface area contributed by atoms with E-state index >= 15 is 0 Å². The van der Waals surface area contributed by atoms with E-state index in [9.17, 15) is 4.79 Å². The second-order valence-corrected chi connectivity index (χ2v) is 5.22. The van der Waals surface area contributed by atoms with E-state index in [1.54, 1.807) is 6.92 Å². The molecule has 0 aliphatic heterocycles. The molecule has 3 heteroatoms. The summed E-state index contributed by atoms with van der Waals surface area (Å²) in [5.74, 6) is -0.358. The Bertz CT molecular complexity index is 437. The zero-order valence-electron chi connectivity index (χ0n) is 12.2. The molecule has 1 aromatic carbocycles. The summed E-state index contributed by atoms with van der Waals surface area (Å²) in [6.45, 7) is 11.4. The minimum absolute atomic E-state index is 0.267. The smallest absolute Gasteiger partial charge is 0.334 e. The van der Waals surface area contributed by atoms with Crippen LogP contribution in [0.3, 0.4) is 0 Å². The van der Waals surface area contributed by atoms with Crippen LogP contribution in [0.4, 0.5) is 0 Å². The first-order valence-corrected chi connectivity index (χ1v) is 6.56. The average Bonchev–Trinajstić information content (AvgIpc) is 2.38. The van der Waals surface area contributed by atoms with Crippen molar-refractivity contribution in [2.24, 2.45) is 0 Å². The topological polar surface area (TPSA) is 38.3 Å². The van der Waals surface area contributed by atoms with E-state index in [2.05, 4.69) is 37.9 Å². The largest absolute Gasteiger partial charge is 0.443 e. The average molecular weight is 261 g/mol. The molecule has 0 aromatic heterocycles. The zero-order chi connectivity index (χ0) is 14.5. The van der Waals surface area contributed by atoms with Gasteiger partial charge in [0.15, 0.2) is 6.23 Å². The predicted molar refractivity (Wildman–Crippen MR) is 77.6 cm³/mol. The van der Waals surface area contributed by atoms with Gasteiger partial charge in [-0.3, -0.25) is 5.32 Å². The van der Waals surface area contributed by atoms with Gasteiger partial charge in [-0.15, -0.1) is 0 Å². The molecule has 104 valence electrons. The van der Waals surface area contributed by atoms with Gasteiger partial charge < -0.3 is 4.74 Å². The predicted octanol–water partition coefficient (Wildman–Crippen LogP) is 3.37. The molecule has 1 unspecified atom stereocenters. The third-order valence-corrected chi connectivity index (χ3v) is 2.99. The van der Waals surface area contributed by atoms with Crippen molar-refractivity contribution in [3.8, 4) is 0 Å². The van der Waals surface area contributed by atoms with Crippen LogP contribution in [0.1, 0.15) is 39.7 Å². The van der Waals surface area contributed by atoms with E-state index in [0.717, 1.165) is 5.56 Å². The van der Waals surface area contributed by atoms with Gasteiger partial charge in [0.05, 0.1) is 0 Å². The maximum absolute atomic E-state index is 11.6. The highest BCUT2D eigenvalue weighted by molar-refractivity contribution is 5.87. The Hall–Kier alpha value is -1.61. The van der Waals surface area contributed by atoms with Crippen LogP contribution in [0, 0.1) is 0 Å². The molecule has 1 rings (SSSR count). The first-order valence-electron chi connectivity index (χ1n) is 6.56. The molecule has 0 aliphatic carbocycles. The summed E-state index contributed by atoms with van der Waals surface area (Å²) in [6, 6.07) is 10.1. The standard InChI is InChI=1S/C16H23NO2/c1-6-14(19-15(18)12(2)3)17-16(4,5)13-10-8-7-9-11-13/h7-11,14,17H,2,6H2,1,3-5H3. The Labute approximate surface area is 115 Å². The van der Waals surface area contributed by atoms with Crippen molar-refractivity contribution < 1.29 is 9.53 Å². The lowest BCUT2D eigenvalue weighted by molar-refractivity contribution is -0.147. The number of benzene rings is 1. The molecule has 1 aromatic rings. The summed E-state index contributed by atoms with van der Waals surface area (Å²) in [7, 11) is 0. The van der Waals surface area contributed by atoms with Crippen LogP contribution in [0.2, 0.25) is 0 Å². The highest BCUT2D eigenvalue weighted by Gasteiger charge is 2.25. The highest BCUT2D eigenvalue weighted by atomic mass is 16.6. The SMILES string of the molecule is C=C(C)C(=O)OC(CC)NC(C)(C)c1ccccc1. The molecule has 19 heavy (non-hydrogen) atoms. The molecule has 0 amide bonds. The third kappa shape index (κ3) is 4.52. The molecule has 0 saturated carbocycles. The number of esters is 1. The van der Waals surface area contributed by atoms with E-state index < -0.39 is 0 Å². The van der Waals surface area contributed by atoms with Crippen LogP contribution in [-0.4, -0.2) is 12.2 Å². The second-order valence-electron chi connectivity index (χ2n) is 5.22. The minimum atomic E-state index is -0.358. The van der Waals surface area contributed by atoms with Gasteiger partial charge in [0.25, 0.3) is 0 Å². The first-order chi connectivity index (χ1) is 8.86. The van der Waals surface area contributed by atoms with Crippen molar-refractivity contribution >= 4 is 5.97 Å². The Morgan fingerprint density at radius 2 is 1.95 bits per heavy atom. The summed E-state index contributed by atoms with van der Waals surface area (Å²) in [4.78, 5) is 11.6. The van der Waals surface area contributed by atoms with Crippen LogP contribution in [-0.2, 0) is 15.1 Å². The van der Waals surface area contributed by atoms with E-state index in [4.69, 9.17) is 4.74 Å². The van der Waals surface area contributed by atoms with Crippen LogP contribution in [0.15, 0.2) is 42.5 Å². The van der Waals surface area contributed by atoms with Gasteiger partial charge in [-0.05, 0) is 32.8 Å². The summed E-state index contributed by atoms with van der Waals surface area (Å²) in [5.41, 5.74) is 1.30. The summed E-state index contributed by atoms with van der Waals surface area (Å²) < 4.78 is 5.37. The lowest BCUT2D eigenvalue weighted by Crippen LogP contribution is -2.45. The van der Waals surface area contributed by atoms with Crippen molar-refractivity contribution in [3.63, 3.8) is 0 Å². The van der Waals surface area contributed by atoms with Crippen LogP contribution in [0.25, 0.3) is 0 Å². The molecule has 0 aliphatic rings. The fourth-order valence-corrected chi connectivity index (χ4v) is 1.79. The van der Waals surface area contributed by atoms with Crippen LogP contribution >= 0.6 is 0 Å². The van der Waals surface area contributed by atoms with E-state index in [1.807, 2.05) is 25.1 Å². The van der Waals surface area contributed by atoms with Gasteiger partial charge in [-0.25, -0.2) is 4.79 Å². The normalized spacial score (nSPS) is 12.8. The molecule has 0 fully saturated rings. The second kappa shape index (κ2) is 6.53. The van der Waals surface area contributed by atoms with E-state index in [0.29, 0.717) is 12.0 Å². The number of hydrogen-bond donors (Lipinski definition) is 1. The Balaban J connectivity index is 2.75. The Kier molecular flexibility index (Phi) is 5.31. The monoisotopic (exact) mass is 261 g/mol. The number of carbonyl (C=O) groups excluding carboxylic acids is 1. The third-order valence-electron chi connectivity index (χ3n) is 2.99. The maximum atomic E-state index is 11.6. The summed E-state index contributed by atoms with van der Waals surface area (Å²) in [6.07, 6.45) is 0.384. The maximum Gasteiger partial charge on any atom is 0.334 e. The van der Waals surface area contributed by atoms with Gasteiger partial charge in [-0.1, -0.05) is 43.8 Å². The molecule has 0 saturated heterocycles. The summed E-state index contributed by atoms with van der Waals surface area (Å²) >= 11 is 0. The van der Waals surface area contributed by atoms with Crippen molar-refractivity contribution in [1.29, 1.82) is 0 Å². The Morgan fingerprint density at radius 1 is 1.37 bits per heavy atom. The lowest BCUT2D eigenvalue weighted by atomic mass is 9.94. The first kappa shape index (κ1) is 15.4. The number of ether oxygens (including phenoxy) is 1. The van der Waals surface area contributed by atoms with Crippen molar-refractivity contribution in [2.45, 2.75) is 45.9 Å². The summed E-state index contributed by atoms with van der Waals surface area (Å²) in [5, 5.41) is 3.36. The van der Waals surface area contributed by atoms with Gasteiger partial charge in [-0.2, -0.15) is 0 Å². The molecular weight excluding hydrogens is 238 g/mol. The van der Waals surface area contributed by atoms with Crippen molar-refractivity contribution in [2.75, 3.05) is 0 Å². The fourth-order valence-electron chi connectivity index (χ4n) is 1.79. The molecule has 0 heterocycles. The number of hydrogen-bond acceptors (Lipinski definition) is 3. The molecule has 0 radical (unpaired) electrons. The zero-order valence-corrected chi connectivity index (χ0v) is 12.2. The van der Waals surface area contributed by atoms with Crippen molar-refractivity contribution in [3.05, 3.63) is 48.0 Å². The molecular formula is C16H23NO2. The van der Waals surface area contributed by atoms with Gasteiger partial charge in [0.2, 0.25) is 0 Å². The van der Waals surface area contributed by atoms with E-state index in [1.165, 1.54) is 0 Å². The number of rotatable bonds is 6. The minimum Gasteiger partial charge on any atom is -0.443 e. The van der Waals surface area contributed by atoms with Crippen LogP contribution < -0.4 is 5.32 Å². The van der Waals surface area contributed by atoms with E-state index in [-0.39, 0.29) is 17.7 Å². The molecule has 3 nitrogen and oxygen atoms in total. The lowest BCUT2D eigenvalue weighted by Gasteiger charge is -2.31. The molecule has 1 atom stereocenters. The molecule has 0 bridgehead atoms. The Morgan fingerprint density at radius 3 is 2.42 bits per heavy atom. The number of carbonyl (C=O) groups is 1. The fraction of sp³-hybridized carbons (Fsp3) is 0.438. The highest BCUT2D eigenvalue weighted by Crippen LogP contribution is 2.21. The quantitative estimate of drug-likeness (QED) is 0.485. The number of nitrogens with one attached hydrogen (secondary N) is 1. The van der Waals surface area contributed by atoms with Crippen LogP contribution in [0.5, 0.6) is 0 Å². The van der Waals surface area contributed by atoms with Gasteiger partial charge >= 0.3 is 5.97 Å². The van der Waals surface area contributed by atoms with Gasteiger partial charge in [0.1, 0.15) is 0 Å². The van der Waals surface area contributed by atoms with Crippen molar-refractivity contribution in [1.82, 2.24) is 5.32 Å². The molecule has 0 spiro atoms. The van der Waals surface area contributed by atoms with Gasteiger partial charge in [0, 0.05) is 11.1 Å². The molecule has 1 N–H and O–H groups in total.